The fourth-order valence-corrected chi connectivity index (χ4v) is 1.96. The average molecular weight is 288 g/mol. The average Bonchev–Trinajstić information content (AvgIpc) is 2.93. The third kappa shape index (κ3) is 2.66. The molecule has 0 radical (unpaired) electrons. The summed E-state index contributed by atoms with van der Waals surface area (Å²) in [5, 5.41) is 10.8. The second-order valence-electron chi connectivity index (χ2n) is 4.44. The topological polar surface area (TPSA) is 96.9 Å². The highest BCUT2D eigenvalue weighted by Gasteiger charge is 2.14. The fourth-order valence-electron chi connectivity index (χ4n) is 1.96. The third-order valence-electron chi connectivity index (χ3n) is 3.08. The van der Waals surface area contributed by atoms with E-state index in [0.29, 0.717) is 28.5 Å². The lowest BCUT2D eigenvalue weighted by molar-refractivity contribution is -0.384. The number of benzene rings is 2. The van der Waals surface area contributed by atoms with E-state index in [-0.39, 0.29) is 19.1 Å². The van der Waals surface area contributed by atoms with Crippen molar-refractivity contribution in [2.24, 2.45) is 0 Å². The number of fused-ring (bicyclic) bond motifs is 1. The van der Waals surface area contributed by atoms with Crippen LogP contribution in [-0.4, -0.2) is 11.7 Å². The number of nitro groups is 1. The molecule has 108 valence electrons. The number of hydrogen-bond acceptors (Lipinski definition) is 6. The van der Waals surface area contributed by atoms with Crippen LogP contribution >= 0.6 is 0 Å². The molecule has 0 saturated heterocycles. The smallest absolute Gasteiger partial charge is 0.269 e. The highest BCUT2D eigenvalue weighted by molar-refractivity contribution is 5.53. The summed E-state index contributed by atoms with van der Waals surface area (Å²) in [6.45, 7) is 0.323. The fraction of sp³-hybridized carbons (Fsp3) is 0.143. The molecule has 0 unspecified atom stereocenters. The van der Waals surface area contributed by atoms with Gasteiger partial charge in [-0.25, -0.2) is 0 Å². The van der Waals surface area contributed by atoms with Crippen molar-refractivity contribution in [3.05, 3.63) is 52.1 Å². The summed E-state index contributed by atoms with van der Waals surface area (Å²) in [5.74, 6) is 1.85. The number of rotatable bonds is 4. The summed E-state index contributed by atoms with van der Waals surface area (Å²) >= 11 is 0. The molecule has 0 aromatic heterocycles. The van der Waals surface area contributed by atoms with Gasteiger partial charge < -0.3 is 19.9 Å². The van der Waals surface area contributed by atoms with E-state index in [1.54, 1.807) is 18.2 Å². The SMILES string of the molecule is Nc1ccc([N+](=O)[O-])cc1COc1ccc2c(c1)OCO2. The monoisotopic (exact) mass is 288 g/mol. The Labute approximate surface area is 120 Å². The van der Waals surface area contributed by atoms with Gasteiger partial charge in [-0.3, -0.25) is 10.1 Å². The Morgan fingerprint density at radius 2 is 2.00 bits per heavy atom. The Balaban J connectivity index is 1.75. The summed E-state index contributed by atoms with van der Waals surface area (Å²) in [6, 6.07) is 9.45. The molecule has 0 fully saturated rings. The number of hydrogen-bond donors (Lipinski definition) is 1. The van der Waals surface area contributed by atoms with Crippen molar-refractivity contribution < 1.29 is 19.1 Å². The van der Waals surface area contributed by atoms with Gasteiger partial charge in [0, 0.05) is 29.4 Å². The first-order valence-electron chi connectivity index (χ1n) is 6.19. The van der Waals surface area contributed by atoms with E-state index < -0.39 is 4.92 Å². The second-order valence-corrected chi connectivity index (χ2v) is 4.44. The maximum atomic E-state index is 10.8. The van der Waals surface area contributed by atoms with E-state index in [0.717, 1.165) is 0 Å². The van der Waals surface area contributed by atoms with Crippen LogP contribution in [0, 0.1) is 10.1 Å². The van der Waals surface area contributed by atoms with Crippen molar-refractivity contribution in [1.82, 2.24) is 0 Å². The molecule has 0 spiro atoms. The van der Waals surface area contributed by atoms with Crippen LogP contribution in [0.1, 0.15) is 5.56 Å². The van der Waals surface area contributed by atoms with E-state index >= 15 is 0 Å². The quantitative estimate of drug-likeness (QED) is 0.527. The molecule has 2 aromatic carbocycles. The van der Waals surface area contributed by atoms with Crippen LogP contribution in [-0.2, 0) is 6.61 Å². The van der Waals surface area contributed by atoms with Crippen molar-refractivity contribution in [2.45, 2.75) is 6.61 Å². The highest BCUT2D eigenvalue weighted by Crippen LogP contribution is 2.35. The molecule has 2 aromatic rings. The molecular formula is C14H12N2O5. The normalized spacial score (nSPS) is 12.2. The van der Waals surface area contributed by atoms with Gasteiger partial charge >= 0.3 is 0 Å². The molecule has 2 N–H and O–H groups in total. The molecule has 0 aliphatic carbocycles. The van der Waals surface area contributed by atoms with Crippen LogP contribution in [0.25, 0.3) is 0 Å². The molecule has 3 rings (SSSR count). The minimum atomic E-state index is -0.469. The lowest BCUT2D eigenvalue weighted by atomic mass is 10.1. The largest absolute Gasteiger partial charge is 0.489 e. The molecule has 7 heteroatoms. The molecule has 21 heavy (non-hydrogen) atoms. The lowest BCUT2D eigenvalue weighted by Gasteiger charge is -2.09. The Morgan fingerprint density at radius 3 is 2.81 bits per heavy atom. The van der Waals surface area contributed by atoms with Crippen LogP contribution in [0.4, 0.5) is 11.4 Å². The summed E-state index contributed by atoms with van der Waals surface area (Å²) in [7, 11) is 0. The van der Waals surface area contributed by atoms with E-state index in [1.807, 2.05) is 0 Å². The lowest BCUT2D eigenvalue weighted by Crippen LogP contribution is -2.01. The zero-order chi connectivity index (χ0) is 14.8. The summed E-state index contributed by atoms with van der Waals surface area (Å²) < 4.78 is 16.0. The maximum Gasteiger partial charge on any atom is 0.269 e. The molecule has 0 atom stereocenters. The molecule has 1 heterocycles. The highest BCUT2D eigenvalue weighted by atomic mass is 16.7. The number of ether oxygens (including phenoxy) is 3. The first-order chi connectivity index (χ1) is 10.1. The van der Waals surface area contributed by atoms with E-state index in [1.165, 1.54) is 18.2 Å². The predicted molar refractivity (Wildman–Crippen MR) is 74.4 cm³/mol. The minimum Gasteiger partial charge on any atom is -0.489 e. The van der Waals surface area contributed by atoms with Gasteiger partial charge in [0.15, 0.2) is 11.5 Å². The molecule has 0 saturated carbocycles. The van der Waals surface area contributed by atoms with E-state index in [9.17, 15) is 10.1 Å². The zero-order valence-corrected chi connectivity index (χ0v) is 10.9. The maximum absolute atomic E-state index is 10.8. The number of non-ortho nitro benzene ring substituents is 1. The molecule has 7 nitrogen and oxygen atoms in total. The van der Waals surface area contributed by atoms with Gasteiger partial charge in [0.25, 0.3) is 5.69 Å². The van der Waals surface area contributed by atoms with Gasteiger partial charge in [-0.2, -0.15) is 0 Å². The first-order valence-corrected chi connectivity index (χ1v) is 6.19. The third-order valence-corrected chi connectivity index (χ3v) is 3.08. The Bertz CT molecular complexity index is 702. The molecule has 1 aliphatic heterocycles. The van der Waals surface area contributed by atoms with Gasteiger partial charge in [-0.05, 0) is 18.2 Å². The molecule has 0 bridgehead atoms. The van der Waals surface area contributed by atoms with Gasteiger partial charge in [0.1, 0.15) is 12.4 Å². The number of nitrogens with zero attached hydrogens (tertiary/aromatic N) is 1. The van der Waals surface area contributed by atoms with Crippen molar-refractivity contribution in [2.75, 3.05) is 12.5 Å². The number of nitro benzene ring substituents is 1. The summed E-state index contributed by atoms with van der Waals surface area (Å²) in [4.78, 5) is 10.3. The summed E-state index contributed by atoms with van der Waals surface area (Å²) in [6.07, 6.45) is 0. The second kappa shape index (κ2) is 5.20. The van der Waals surface area contributed by atoms with Gasteiger partial charge in [-0.1, -0.05) is 0 Å². The molecule has 0 amide bonds. The van der Waals surface area contributed by atoms with E-state index in [2.05, 4.69) is 0 Å². The Hall–Kier alpha value is -2.96. The van der Waals surface area contributed by atoms with Crippen LogP contribution in [0.2, 0.25) is 0 Å². The van der Waals surface area contributed by atoms with Crippen LogP contribution < -0.4 is 19.9 Å². The van der Waals surface area contributed by atoms with Crippen molar-refractivity contribution in [3.63, 3.8) is 0 Å². The van der Waals surface area contributed by atoms with Crippen LogP contribution in [0.3, 0.4) is 0 Å². The summed E-state index contributed by atoms with van der Waals surface area (Å²) in [5.41, 5.74) is 6.78. The van der Waals surface area contributed by atoms with Gasteiger partial charge in [-0.15, -0.1) is 0 Å². The number of nitrogens with two attached hydrogens (primary N) is 1. The standard InChI is InChI=1S/C14H12N2O5/c15-12-3-1-10(16(17)18)5-9(12)7-19-11-2-4-13-14(6-11)21-8-20-13/h1-6H,7-8,15H2. The Kier molecular flexibility index (Phi) is 3.23. The number of anilines is 1. The first kappa shape index (κ1) is 13.0. The number of nitrogen functional groups attached to an aromatic ring is 1. The molecule has 1 aliphatic rings. The zero-order valence-electron chi connectivity index (χ0n) is 10.9. The van der Waals surface area contributed by atoms with Crippen molar-refractivity contribution in [3.8, 4) is 17.2 Å². The van der Waals surface area contributed by atoms with E-state index in [4.69, 9.17) is 19.9 Å². The Morgan fingerprint density at radius 1 is 1.19 bits per heavy atom. The van der Waals surface area contributed by atoms with Gasteiger partial charge in [0.2, 0.25) is 6.79 Å². The van der Waals surface area contributed by atoms with Crippen molar-refractivity contribution >= 4 is 11.4 Å². The molecular weight excluding hydrogens is 276 g/mol. The predicted octanol–water partition coefficient (Wildman–Crippen LogP) is 2.48. The van der Waals surface area contributed by atoms with Crippen molar-refractivity contribution in [1.29, 1.82) is 0 Å². The van der Waals surface area contributed by atoms with Gasteiger partial charge in [0.05, 0.1) is 4.92 Å². The van der Waals surface area contributed by atoms with Crippen LogP contribution in [0.5, 0.6) is 17.2 Å². The van der Waals surface area contributed by atoms with Crippen LogP contribution in [0.15, 0.2) is 36.4 Å². The minimum absolute atomic E-state index is 0.0199.